The molecule has 0 fully saturated rings. The molecule has 140 valence electrons. The quantitative estimate of drug-likeness (QED) is 0.522. The Morgan fingerprint density at radius 2 is 1.85 bits per heavy atom. The molecule has 3 aromatic rings. The summed E-state index contributed by atoms with van der Waals surface area (Å²) in [6, 6.07) is 17.1. The van der Waals surface area contributed by atoms with Gasteiger partial charge in [0.15, 0.2) is 11.8 Å². The van der Waals surface area contributed by atoms with E-state index in [1.807, 2.05) is 75.4 Å². The fourth-order valence-electron chi connectivity index (χ4n) is 2.23. The lowest BCUT2D eigenvalue weighted by molar-refractivity contribution is 0.318. The first-order chi connectivity index (χ1) is 12.9. The first kappa shape index (κ1) is 18.4. The van der Waals surface area contributed by atoms with Crippen LogP contribution in [0, 0.1) is 0 Å². The SMILES string of the molecule is CC(C)(C)c1nc(CN=C(N)Nc2cccc(Oc3ccccc3)c2)no1. The van der Waals surface area contributed by atoms with Crippen LogP contribution in [0.25, 0.3) is 0 Å². The lowest BCUT2D eigenvalue weighted by atomic mass is 9.97. The Kier molecular flexibility index (Phi) is 5.40. The number of hydrogen-bond donors (Lipinski definition) is 2. The fraction of sp³-hybridized carbons (Fsp3) is 0.250. The van der Waals surface area contributed by atoms with Crippen molar-refractivity contribution >= 4 is 11.6 Å². The van der Waals surface area contributed by atoms with Gasteiger partial charge in [0.05, 0.1) is 0 Å². The molecule has 7 nitrogen and oxygen atoms in total. The van der Waals surface area contributed by atoms with Crippen LogP contribution in [-0.4, -0.2) is 16.1 Å². The number of guanidine groups is 1. The van der Waals surface area contributed by atoms with E-state index in [0.717, 1.165) is 11.4 Å². The molecule has 27 heavy (non-hydrogen) atoms. The van der Waals surface area contributed by atoms with Gasteiger partial charge in [0.2, 0.25) is 5.89 Å². The maximum Gasteiger partial charge on any atom is 0.232 e. The minimum atomic E-state index is -0.196. The highest BCUT2D eigenvalue weighted by atomic mass is 16.5. The zero-order valence-corrected chi connectivity index (χ0v) is 15.6. The summed E-state index contributed by atoms with van der Waals surface area (Å²) in [7, 11) is 0. The molecule has 0 bridgehead atoms. The predicted octanol–water partition coefficient (Wildman–Crippen LogP) is 4.09. The van der Waals surface area contributed by atoms with Gasteiger partial charge < -0.3 is 20.3 Å². The molecule has 3 N–H and O–H groups in total. The molecule has 7 heteroatoms. The standard InChI is InChI=1S/C20H23N5O2/c1-20(2,3)18-24-17(25-27-18)13-22-19(21)23-14-8-7-11-16(12-14)26-15-9-5-4-6-10-15/h4-12H,13H2,1-3H3,(H3,21,22,23). The van der Waals surface area contributed by atoms with Gasteiger partial charge in [-0.3, -0.25) is 0 Å². The molecule has 2 aromatic carbocycles. The van der Waals surface area contributed by atoms with Gasteiger partial charge in [-0.1, -0.05) is 50.2 Å². The van der Waals surface area contributed by atoms with Crippen LogP contribution in [0.5, 0.6) is 11.5 Å². The summed E-state index contributed by atoms with van der Waals surface area (Å²) in [5, 5.41) is 6.96. The van der Waals surface area contributed by atoms with Gasteiger partial charge in [0.25, 0.3) is 0 Å². The molecular weight excluding hydrogens is 342 g/mol. The number of aromatic nitrogens is 2. The van der Waals surface area contributed by atoms with Crippen molar-refractivity contribution in [1.29, 1.82) is 0 Å². The number of aliphatic imine (C=N–C) groups is 1. The number of nitrogens with zero attached hydrogens (tertiary/aromatic N) is 3. The van der Waals surface area contributed by atoms with E-state index in [1.54, 1.807) is 0 Å². The fourth-order valence-corrected chi connectivity index (χ4v) is 2.23. The topological polar surface area (TPSA) is 98.6 Å². The Labute approximate surface area is 158 Å². The van der Waals surface area contributed by atoms with Gasteiger partial charge in [0, 0.05) is 17.2 Å². The van der Waals surface area contributed by atoms with E-state index >= 15 is 0 Å². The van der Waals surface area contributed by atoms with Gasteiger partial charge in [0.1, 0.15) is 18.0 Å². The van der Waals surface area contributed by atoms with E-state index in [2.05, 4.69) is 20.4 Å². The van der Waals surface area contributed by atoms with Crippen LogP contribution in [0.4, 0.5) is 5.69 Å². The highest BCUT2D eigenvalue weighted by Crippen LogP contribution is 2.24. The van der Waals surface area contributed by atoms with Crippen LogP contribution in [0.2, 0.25) is 0 Å². The summed E-state index contributed by atoms with van der Waals surface area (Å²) >= 11 is 0. The molecule has 0 unspecified atom stereocenters. The first-order valence-electron chi connectivity index (χ1n) is 8.63. The van der Waals surface area contributed by atoms with Gasteiger partial charge in [-0.05, 0) is 24.3 Å². The Balaban J connectivity index is 1.62. The summed E-state index contributed by atoms with van der Waals surface area (Å²) in [6.45, 7) is 6.26. The van der Waals surface area contributed by atoms with Crippen molar-refractivity contribution in [3.8, 4) is 11.5 Å². The lowest BCUT2D eigenvalue weighted by Gasteiger charge is -2.10. The van der Waals surface area contributed by atoms with Crippen LogP contribution in [-0.2, 0) is 12.0 Å². The maximum atomic E-state index is 5.96. The predicted molar refractivity (Wildman–Crippen MR) is 105 cm³/mol. The Morgan fingerprint density at radius 1 is 1.11 bits per heavy atom. The van der Waals surface area contributed by atoms with Crippen molar-refractivity contribution < 1.29 is 9.26 Å². The second-order valence-corrected chi connectivity index (χ2v) is 7.04. The van der Waals surface area contributed by atoms with E-state index in [0.29, 0.717) is 17.5 Å². The van der Waals surface area contributed by atoms with E-state index in [9.17, 15) is 0 Å². The third-order valence-electron chi connectivity index (χ3n) is 3.59. The molecule has 0 aliphatic rings. The minimum absolute atomic E-state index is 0.196. The van der Waals surface area contributed by atoms with Crippen molar-refractivity contribution in [3.05, 3.63) is 66.3 Å². The summed E-state index contributed by atoms with van der Waals surface area (Å²) < 4.78 is 11.1. The number of nitrogens with one attached hydrogen (secondary N) is 1. The van der Waals surface area contributed by atoms with Gasteiger partial charge in [-0.2, -0.15) is 4.98 Å². The van der Waals surface area contributed by atoms with Gasteiger partial charge >= 0.3 is 0 Å². The average Bonchev–Trinajstić information content (AvgIpc) is 3.11. The number of anilines is 1. The lowest BCUT2D eigenvalue weighted by Crippen LogP contribution is -2.22. The monoisotopic (exact) mass is 365 g/mol. The Hall–Kier alpha value is -3.35. The van der Waals surface area contributed by atoms with Crippen LogP contribution in [0.15, 0.2) is 64.1 Å². The van der Waals surface area contributed by atoms with Crippen molar-refractivity contribution in [2.24, 2.45) is 10.7 Å². The molecular formula is C20H23N5O2. The smallest absolute Gasteiger partial charge is 0.232 e. The van der Waals surface area contributed by atoms with Crippen molar-refractivity contribution in [1.82, 2.24) is 10.1 Å². The van der Waals surface area contributed by atoms with Gasteiger partial charge in [-0.15, -0.1) is 0 Å². The molecule has 0 atom stereocenters. The first-order valence-corrected chi connectivity index (χ1v) is 8.63. The number of para-hydroxylation sites is 1. The number of nitrogens with two attached hydrogens (primary N) is 1. The van der Waals surface area contributed by atoms with Crippen LogP contribution in [0.1, 0.15) is 32.5 Å². The maximum absolute atomic E-state index is 5.96. The highest BCUT2D eigenvalue weighted by Gasteiger charge is 2.21. The second kappa shape index (κ2) is 7.90. The second-order valence-electron chi connectivity index (χ2n) is 7.04. The number of hydrogen-bond acceptors (Lipinski definition) is 5. The molecule has 1 heterocycles. The summed E-state index contributed by atoms with van der Waals surface area (Å²) in [6.07, 6.45) is 0. The summed E-state index contributed by atoms with van der Waals surface area (Å²) in [5.41, 5.74) is 6.54. The van der Waals surface area contributed by atoms with Crippen LogP contribution < -0.4 is 15.8 Å². The molecule has 0 spiro atoms. The highest BCUT2D eigenvalue weighted by molar-refractivity contribution is 5.92. The molecule has 3 rings (SSSR count). The van der Waals surface area contributed by atoms with Gasteiger partial charge in [-0.25, -0.2) is 4.99 Å². The van der Waals surface area contributed by atoms with Crippen molar-refractivity contribution in [2.75, 3.05) is 5.32 Å². The molecule has 0 aliphatic carbocycles. The minimum Gasteiger partial charge on any atom is -0.457 e. The largest absolute Gasteiger partial charge is 0.457 e. The average molecular weight is 365 g/mol. The Bertz CT molecular complexity index is 913. The zero-order valence-electron chi connectivity index (χ0n) is 15.6. The molecule has 0 amide bonds. The molecule has 0 radical (unpaired) electrons. The van der Waals surface area contributed by atoms with E-state index in [1.165, 1.54) is 0 Å². The third kappa shape index (κ3) is 5.31. The molecule has 1 aromatic heterocycles. The normalized spacial score (nSPS) is 12.0. The summed E-state index contributed by atoms with van der Waals surface area (Å²) in [4.78, 5) is 8.59. The van der Waals surface area contributed by atoms with Crippen molar-refractivity contribution in [3.63, 3.8) is 0 Å². The molecule has 0 saturated heterocycles. The molecule has 0 saturated carbocycles. The zero-order chi connectivity index (χ0) is 19.3. The number of ether oxygens (including phenoxy) is 1. The third-order valence-corrected chi connectivity index (χ3v) is 3.59. The van der Waals surface area contributed by atoms with Crippen molar-refractivity contribution in [2.45, 2.75) is 32.7 Å². The van der Waals surface area contributed by atoms with E-state index in [-0.39, 0.29) is 17.9 Å². The number of benzene rings is 2. The molecule has 0 aliphatic heterocycles. The number of rotatable bonds is 5. The van der Waals surface area contributed by atoms with E-state index in [4.69, 9.17) is 15.0 Å². The summed E-state index contributed by atoms with van der Waals surface area (Å²) in [5.74, 6) is 2.79. The van der Waals surface area contributed by atoms with Crippen LogP contribution in [0.3, 0.4) is 0 Å². The Morgan fingerprint density at radius 3 is 2.56 bits per heavy atom. The van der Waals surface area contributed by atoms with Crippen LogP contribution >= 0.6 is 0 Å². The van der Waals surface area contributed by atoms with E-state index < -0.39 is 0 Å².